The van der Waals surface area contributed by atoms with E-state index in [1.54, 1.807) is 0 Å². The molecule has 2 rings (SSSR count). The Morgan fingerprint density at radius 1 is 0.591 bits per heavy atom. The van der Waals surface area contributed by atoms with Crippen LogP contribution in [0, 0.1) is 0 Å². The molecule has 0 aliphatic rings. The van der Waals surface area contributed by atoms with Crippen molar-refractivity contribution in [3.05, 3.63) is 59.7 Å². The van der Waals surface area contributed by atoms with E-state index in [9.17, 15) is 0 Å². The van der Waals surface area contributed by atoms with Crippen molar-refractivity contribution in [2.45, 2.75) is 23.5 Å². The molecular weight excluding hydrogens is 408 g/mol. The van der Waals surface area contributed by atoms with Crippen molar-refractivity contribution >= 4 is 31.9 Å². The molecule has 0 atom stereocenters. The number of hydrogen-bond donors (Lipinski definition) is 0. The summed E-state index contributed by atoms with van der Waals surface area (Å²) in [6, 6.07) is 16.3. The van der Waals surface area contributed by atoms with Crippen molar-refractivity contribution in [1.82, 2.24) is 0 Å². The Kier molecular flexibility index (Phi) is 7.81. The molecule has 0 bridgehead atoms. The maximum absolute atomic E-state index is 5.71. The molecule has 22 heavy (non-hydrogen) atoms. The summed E-state index contributed by atoms with van der Waals surface area (Å²) < 4.78 is 11.4. The van der Waals surface area contributed by atoms with Crippen LogP contribution in [0.25, 0.3) is 0 Å². The fraction of sp³-hybridized carbons (Fsp3) is 0.333. The van der Waals surface area contributed by atoms with Crippen molar-refractivity contribution in [2.75, 3.05) is 13.2 Å². The van der Waals surface area contributed by atoms with E-state index in [-0.39, 0.29) is 0 Å². The number of hydrogen-bond acceptors (Lipinski definition) is 2. The largest absolute Gasteiger partial charge is 0.494 e. The van der Waals surface area contributed by atoms with Crippen LogP contribution in [0.3, 0.4) is 0 Å². The van der Waals surface area contributed by atoms with Crippen molar-refractivity contribution in [3.8, 4) is 11.5 Å². The lowest BCUT2D eigenvalue weighted by atomic mass is 10.2. The zero-order valence-corrected chi connectivity index (χ0v) is 15.6. The van der Waals surface area contributed by atoms with Gasteiger partial charge in [-0.3, -0.25) is 0 Å². The van der Waals surface area contributed by atoms with Crippen LogP contribution >= 0.6 is 31.9 Å². The van der Waals surface area contributed by atoms with Crippen LogP contribution in [0.5, 0.6) is 11.5 Å². The zero-order chi connectivity index (χ0) is 15.6. The Hall–Kier alpha value is -1.00. The number of alkyl halides is 2. The van der Waals surface area contributed by atoms with E-state index < -0.39 is 0 Å². The molecule has 0 amide bonds. The van der Waals surface area contributed by atoms with Gasteiger partial charge in [0.1, 0.15) is 11.5 Å². The van der Waals surface area contributed by atoms with Crippen LogP contribution in [0.1, 0.15) is 24.0 Å². The standard InChI is InChI=1S/C18H20Br2O2/c19-13-15-3-7-17(8-4-15)21-11-1-2-12-22-18-9-5-16(14-20)6-10-18/h3-10H,1-2,11-14H2. The molecular formula is C18H20Br2O2. The Labute approximate surface area is 149 Å². The molecule has 2 aromatic carbocycles. The first-order valence-corrected chi connectivity index (χ1v) is 9.61. The second-order valence-corrected chi connectivity index (χ2v) is 6.08. The molecule has 4 heteroatoms. The predicted molar refractivity (Wildman–Crippen MR) is 98.4 cm³/mol. The van der Waals surface area contributed by atoms with Crippen LogP contribution < -0.4 is 9.47 Å². The summed E-state index contributed by atoms with van der Waals surface area (Å²) in [4.78, 5) is 0. The van der Waals surface area contributed by atoms with Gasteiger partial charge >= 0.3 is 0 Å². The van der Waals surface area contributed by atoms with E-state index in [4.69, 9.17) is 9.47 Å². The first-order valence-electron chi connectivity index (χ1n) is 7.37. The molecule has 0 aromatic heterocycles. The topological polar surface area (TPSA) is 18.5 Å². The number of benzene rings is 2. The monoisotopic (exact) mass is 426 g/mol. The summed E-state index contributed by atoms with van der Waals surface area (Å²) >= 11 is 6.87. The molecule has 2 aromatic rings. The quantitative estimate of drug-likeness (QED) is 0.376. The minimum absolute atomic E-state index is 0.722. The van der Waals surface area contributed by atoms with Crippen molar-refractivity contribution < 1.29 is 9.47 Å². The average Bonchev–Trinajstić information content (AvgIpc) is 2.59. The molecule has 0 N–H and O–H groups in total. The van der Waals surface area contributed by atoms with Gasteiger partial charge in [0.2, 0.25) is 0 Å². The van der Waals surface area contributed by atoms with Gasteiger partial charge in [0.05, 0.1) is 13.2 Å². The highest BCUT2D eigenvalue weighted by molar-refractivity contribution is 9.08. The van der Waals surface area contributed by atoms with Crippen molar-refractivity contribution in [2.24, 2.45) is 0 Å². The maximum Gasteiger partial charge on any atom is 0.119 e. The molecule has 118 valence electrons. The Bertz CT molecular complexity index is 487. The SMILES string of the molecule is BrCc1ccc(OCCCCOc2ccc(CBr)cc2)cc1. The highest BCUT2D eigenvalue weighted by Crippen LogP contribution is 2.16. The van der Waals surface area contributed by atoms with Crippen LogP contribution in [-0.2, 0) is 10.7 Å². The number of unbranched alkanes of at least 4 members (excludes halogenated alkanes) is 1. The lowest BCUT2D eigenvalue weighted by molar-refractivity contribution is 0.266. The van der Waals surface area contributed by atoms with Gasteiger partial charge < -0.3 is 9.47 Å². The number of rotatable bonds is 9. The Morgan fingerprint density at radius 2 is 0.955 bits per heavy atom. The molecule has 0 heterocycles. The van der Waals surface area contributed by atoms with Gasteiger partial charge in [-0.2, -0.15) is 0 Å². The van der Waals surface area contributed by atoms with Gasteiger partial charge in [-0.05, 0) is 48.2 Å². The molecule has 0 radical (unpaired) electrons. The van der Waals surface area contributed by atoms with Gasteiger partial charge in [0, 0.05) is 10.7 Å². The lowest BCUT2D eigenvalue weighted by Gasteiger charge is -2.08. The summed E-state index contributed by atoms with van der Waals surface area (Å²) in [6.45, 7) is 1.44. The third-order valence-corrected chi connectivity index (χ3v) is 4.53. The second kappa shape index (κ2) is 9.90. The maximum atomic E-state index is 5.71. The predicted octanol–water partition coefficient (Wildman–Crippen LogP) is 5.71. The first-order chi connectivity index (χ1) is 10.8. The van der Waals surface area contributed by atoms with Crippen molar-refractivity contribution in [1.29, 1.82) is 0 Å². The summed E-state index contributed by atoms with van der Waals surface area (Å²) in [5, 5.41) is 1.75. The smallest absolute Gasteiger partial charge is 0.119 e. The lowest BCUT2D eigenvalue weighted by Crippen LogP contribution is -2.02. The van der Waals surface area contributed by atoms with E-state index in [2.05, 4.69) is 56.1 Å². The molecule has 0 unspecified atom stereocenters. The van der Waals surface area contributed by atoms with Gasteiger partial charge in [0.25, 0.3) is 0 Å². The molecule has 0 fully saturated rings. The molecule has 0 aliphatic heterocycles. The van der Waals surface area contributed by atoms with Crippen molar-refractivity contribution in [3.63, 3.8) is 0 Å². The Morgan fingerprint density at radius 3 is 1.27 bits per heavy atom. The van der Waals surface area contributed by atoms with E-state index in [0.717, 1.165) is 48.2 Å². The van der Waals surface area contributed by atoms with Crippen LogP contribution in [-0.4, -0.2) is 13.2 Å². The fourth-order valence-corrected chi connectivity index (χ4v) is 2.68. The highest BCUT2D eigenvalue weighted by Gasteiger charge is 1.97. The van der Waals surface area contributed by atoms with Gasteiger partial charge in [-0.25, -0.2) is 0 Å². The van der Waals surface area contributed by atoms with Crippen LogP contribution in [0.4, 0.5) is 0 Å². The number of halogens is 2. The van der Waals surface area contributed by atoms with E-state index in [0.29, 0.717) is 0 Å². The minimum Gasteiger partial charge on any atom is -0.494 e. The second-order valence-electron chi connectivity index (χ2n) is 4.96. The minimum atomic E-state index is 0.722. The summed E-state index contributed by atoms with van der Waals surface area (Å²) in [7, 11) is 0. The van der Waals surface area contributed by atoms with Gasteiger partial charge in [-0.1, -0.05) is 56.1 Å². The zero-order valence-electron chi connectivity index (χ0n) is 12.4. The Balaban J connectivity index is 1.58. The van der Waals surface area contributed by atoms with Crippen LogP contribution in [0.2, 0.25) is 0 Å². The summed E-state index contributed by atoms with van der Waals surface area (Å²) in [5.41, 5.74) is 2.51. The number of ether oxygens (including phenoxy) is 2. The summed E-state index contributed by atoms with van der Waals surface area (Å²) in [5.74, 6) is 1.85. The van der Waals surface area contributed by atoms with Gasteiger partial charge in [0.15, 0.2) is 0 Å². The fourth-order valence-electron chi connectivity index (χ4n) is 1.93. The van der Waals surface area contributed by atoms with E-state index >= 15 is 0 Å². The third kappa shape index (κ3) is 6.01. The third-order valence-electron chi connectivity index (χ3n) is 3.23. The molecule has 0 spiro atoms. The normalized spacial score (nSPS) is 10.5. The average molecular weight is 428 g/mol. The molecule has 0 aliphatic carbocycles. The molecule has 0 saturated carbocycles. The highest BCUT2D eigenvalue weighted by atomic mass is 79.9. The van der Waals surface area contributed by atoms with E-state index in [1.807, 2.05) is 24.3 Å². The molecule has 0 saturated heterocycles. The van der Waals surface area contributed by atoms with E-state index in [1.165, 1.54) is 11.1 Å². The molecule has 2 nitrogen and oxygen atoms in total. The summed E-state index contributed by atoms with van der Waals surface area (Å²) in [6.07, 6.45) is 1.97. The first kappa shape index (κ1) is 17.4. The van der Waals surface area contributed by atoms with Gasteiger partial charge in [-0.15, -0.1) is 0 Å². The van der Waals surface area contributed by atoms with Crippen LogP contribution in [0.15, 0.2) is 48.5 Å².